The Labute approximate surface area is 137 Å². The highest BCUT2D eigenvalue weighted by atomic mass is 79.9. The molecule has 1 aromatic heterocycles. The predicted octanol–water partition coefficient (Wildman–Crippen LogP) is 4.85. The first-order chi connectivity index (χ1) is 9.95. The number of ether oxygens (including phenoxy) is 1. The first-order valence-corrected chi connectivity index (χ1v) is 8.61. The fourth-order valence-electron chi connectivity index (χ4n) is 2.36. The van der Waals surface area contributed by atoms with E-state index in [1.807, 2.05) is 0 Å². The summed E-state index contributed by atoms with van der Waals surface area (Å²) in [5.41, 5.74) is 0.620. The van der Waals surface area contributed by atoms with Crippen molar-refractivity contribution < 1.29 is 4.74 Å². The number of nitrogens with zero attached hydrogens (tertiary/aromatic N) is 2. The van der Waals surface area contributed by atoms with Crippen LogP contribution in [0.4, 0.5) is 5.82 Å². The van der Waals surface area contributed by atoms with Crippen LogP contribution in [0, 0.1) is 0 Å². The van der Waals surface area contributed by atoms with E-state index in [1.54, 1.807) is 7.11 Å². The molecule has 0 fully saturated rings. The monoisotopic (exact) mass is 357 g/mol. The summed E-state index contributed by atoms with van der Waals surface area (Å²) in [6.45, 7) is 11.6. The average molecular weight is 358 g/mol. The maximum Gasteiger partial charge on any atom is 0.162 e. The van der Waals surface area contributed by atoms with Crippen LogP contribution in [-0.2, 0) is 10.3 Å². The Bertz CT molecular complexity index is 451. The minimum Gasteiger partial charge on any atom is -0.370 e. The van der Waals surface area contributed by atoms with Crippen molar-refractivity contribution in [2.24, 2.45) is 0 Å². The Morgan fingerprint density at radius 1 is 1.19 bits per heavy atom. The summed E-state index contributed by atoms with van der Waals surface area (Å²) in [4.78, 5) is 9.55. The molecule has 0 saturated carbocycles. The first kappa shape index (κ1) is 18.4. The number of hydrogen-bond acceptors (Lipinski definition) is 4. The van der Waals surface area contributed by atoms with Gasteiger partial charge in [0.05, 0.1) is 10.2 Å². The van der Waals surface area contributed by atoms with Gasteiger partial charge in [0.2, 0.25) is 0 Å². The summed E-state index contributed by atoms with van der Waals surface area (Å²) in [6.07, 6.45) is 2.76. The zero-order chi connectivity index (χ0) is 16.0. The summed E-state index contributed by atoms with van der Waals surface area (Å²) in [7, 11) is 1.74. The lowest BCUT2D eigenvalue weighted by molar-refractivity contribution is -0.0292. The van der Waals surface area contributed by atoms with E-state index in [4.69, 9.17) is 14.7 Å². The lowest BCUT2D eigenvalue weighted by atomic mass is 9.95. The first-order valence-electron chi connectivity index (χ1n) is 7.82. The highest BCUT2D eigenvalue weighted by Gasteiger charge is 2.33. The fourth-order valence-corrected chi connectivity index (χ4v) is 3.13. The molecule has 0 amide bonds. The number of halogens is 1. The molecule has 1 heterocycles. The minimum absolute atomic E-state index is 0.326. The number of anilines is 1. The van der Waals surface area contributed by atoms with Gasteiger partial charge in [0, 0.05) is 13.7 Å². The van der Waals surface area contributed by atoms with Crippen LogP contribution in [-0.4, -0.2) is 23.6 Å². The van der Waals surface area contributed by atoms with Gasteiger partial charge < -0.3 is 10.1 Å². The van der Waals surface area contributed by atoms with E-state index < -0.39 is 5.60 Å². The van der Waals surface area contributed by atoms with Crippen LogP contribution in [0.3, 0.4) is 0 Å². The second kappa shape index (κ2) is 8.08. The second-order valence-corrected chi connectivity index (χ2v) is 6.38. The molecule has 0 aliphatic carbocycles. The molecule has 0 radical (unpaired) electrons. The van der Waals surface area contributed by atoms with Gasteiger partial charge in [-0.3, -0.25) is 0 Å². The largest absolute Gasteiger partial charge is 0.370 e. The summed E-state index contributed by atoms with van der Waals surface area (Å²) < 4.78 is 6.75. The van der Waals surface area contributed by atoms with Crippen LogP contribution in [0.1, 0.15) is 71.3 Å². The number of rotatable bonds is 8. The molecule has 4 nitrogen and oxygen atoms in total. The van der Waals surface area contributed by atoms with Crippen molar-refractivity contribution in [2.45, 2.75) is 65.4 Å². The van der Waals surface area contributed by atoms with Crippen LogP contribution in [0.5, 0.6) is 0 Å². The maximum absolute atomic E-state index is 5.79. The molecule has 120 valence electrons. The molecule has 21 heavy (non-hydrogen) atoms. The zero-order valence-electron chi connectivity index (χ0n) is 14.1. The molecule has 0 aromatic carbocycles. The van der Waals surface area contributed by atoms with Gasteiger partial charge in [-0.2, -0.15) is 0 Å². The average Bonchev–Trinajstić information content (AvgIpc) is 2.49. The molecule has 1 rings (SSSR count). The number of hydrogen-bond donors (Lipinski definition) is 1. The Balaban J connectivity index is 3.41. The molecule has 0 aliphatic heterocycles. The zero-order valence-corrected chi connectivity index (χ0v) is 15.7. The van der Waals surface area contributed by atoms with Gasteiger partial charge in [0.25, 0.3) is 0 Å². The van der Waals surface area contributed by atoms with E-state index in [1.165, 1.54) is 0 Å². The fraction of sp³-hybridized carbons (Fsp3) is 0.750. The van der Waals surface area contributed by atoms with Gasteiger partial charge in [-0.05, 0) is 41.1 Å². The van der Waals surface area contributed by atoms with Crippen molar-refractivity contribution in [1.29, 1.82) is 0 Å². The smallest absolute Gasteiger partial charge is 0.162 e. The minimum atomic E-state index is -0.410. The van der Waals surface area contributed by atoms with E-state index in [-0.39, 0.29) is 0 Å². The van der Waals surface area contributed by atoms with Gasteiger partial charge in [0.1, 0.15) is 11.4 Å². The summed E-state index contributed by atoms with van der Waals surface area (Å²) in [5.74, 6) is 1.97. The van der Waals surface area contributed by atoms with Crippen molar-refractivity contribution in [3.8, 4) is 0 Å². The standard InChI is InChI=1S/C16H28BrN3O/c1-7-10-18-14-12(17)13(11(4)5)19-15(20-14)16(8-2,9-3)21-6/h11H,7-10H2,1-6H3,(H,18,19,20). The molecule has 5 heteroatoms. The highest BCUT2D eigenvalue weighted by Crippen LogP contribution is 2.35. The van der Waals surface area contributed by atoms with Crippen molar-refractivity contribution in [3.63, 3.8) is 0 Å². The van der Waals surface area contributed by atoms with Gasteiger partial charge in [-0.25, -0.2) is 9.97 Å². The molecule has 1 N–H and O–H groups in total. The Morgan fingerprint density at radius 2 is 1.81 bits per heavy atom. The molecular weight excluding hydrogens is 330 g/mol. The highest BCUT2D eigenvalue weighted by molar-refractivity contribution is 9.10. The third-order valence-electron chi connectivity index (χ3n) is 3.91. The molecule has 0 bridgehead atoms. The Hall–Kier alpha value is -0.680. The second-order valence-electron chi connectivity index (χ2n) is 5.58. The van der Waals surface area contributed by atoms with Gasteiger partial charge in [0.15, 0.2) is 5.82 Å². The van der Waals surface area contributed by atoms with Crippen LogP contribution >= 0.6 is 15.9 Å². The molecular formula is C16H28BrN3O. The van der Waals surface area contributed by atoms with E-state index in [0.717, 1.165) is 47.6 Å². The van der Waals surface area contributed by atoms with Crippen LogP contribution in [0.15, 0.2) is 4.47 Å². The van der Waals surface area contributed by atoms with E-state index in [2.05, 4.69) is 55.9 Å². The molecule has 0 unspecified atom stereocenters. The quantitative estimate of drug-likeness (QED) is 0.722. The van der Waals surface area contributed by atoms with E-state index in [9.17, 15) is 0 Å². The summed E-state index contributed by atoms with van der Waals surface area (Å²) in [5, 5.41) is 3.39. The lowest BCUT2D eigenvalue weighted by Gasteiger charge is -2.30. The third kappa shape index (κ3) is 3.95. The number of nitrogens with one attached hydrogen (secondary N) is 1. The van der Waals surface area contributed by atoms with Crippen molar-refractivity contribution in [2.75, 3.05) is 19.0 Å². The van der Waals surface area contributed by atoms with Gasteiger partial charge in [-0.1, -0.05) is 34.6 Å². The molecule has 0 aliphatic rings. The van der Waals surface area contributed by atoms with E-state index in [0.29, 0.717) is 5.92 Å². The summed E-state index contributed by atoms with van der Waals surface area (Å²) >= 11 is 3.65. The predicted molar refractivity (Wildman–Crippen MR) is 91.9 cm³/mol. The van der Waals surface area contributed by atoms with E-state index >= 15 is 0 Å². The topological polar surface area (TPSA) is 47.0 Å². The lowest BCUT2D eigenvalue weighted by Crippen LogP contribution is -2.30. The Kier molecular flexibility index (Phi) is 7.07. The van der Waals surface area contributed by atoms with Gasteiger partial charge in [-0.15, -0.1) is 0 Å². The molecule has 0 saturated heterocycles. The van der Waals surface area contributed by atoms with Crippen molar-refractivity contribution >= 4 is 21.7 Å². The van der Waals surface area contributed by atoms with Crippen molar-refractivity contribution in [1.82, 2.24) is 9.97 Å². The van der Waals surface area contributed by atoms with Crippen LogP contribution < -0.4 is 5.32 Å². The molecule has 1 aromatic rings. The van der Waals surface area contributed by atoms with Crippen molar-refractivity contribution in [3.05, 3.63) is 16.0 Å². The molecule has 0 spiro atoms. The van der Waals surface area contributed by atoms with Crippen LogP contribution in [0.2, 0.25) is 0 Å². The van der Waals surface area contributed by atoms with Gasteiger partial charge >= 0.3 is 0 Å². The van der Waals surface area contributed by atoms with Crippen LogP contribution in [0.25, 0.3) is 0 Å². The maximum atomic E-state index is 5.79. The summed E-state index contributed by atoms with van der Waals surface area (Å²) in [6, 6.07) is 0. The third-order valence-corrected chi connectivity index (χ3v) is 4.69. The number of aromatic nitrogens is 2. The normalized spacial score (nSPS) is 12.0. The Morgan fingerprint density at radius 3 is 2.24 bits per heavy atom. The number of methoxy groups -OCH3 is 1. The molecule has 0 atom stereocenters. The SMILES string of the molecule is CCCNc1nc(C(CC)(CC)OC)nc(C(C)C)c1Br.